The summed E-state index contributed by atoms with van der Waals surface area (Å²) in [5.41, 5.74) is 1.96. The van der Waals surface area contributed by atoms with Gasteiger partial charge < -0.3 is 4.74 Å². The van der Waals surface area contributed by atoms with Crippen molar-refractivity contribution in [3.8, 4) is 6.07 Å². The minimum absolute atomic E-state index is 0.0163. The highest BCUT2D eigenvalue weighted by Crippen LogP contribution is 2.10. The first-order valence-electron chi connectivity index (χ1n) is 5.42. The summed E-state index contributed by atoms with van der Waals surface area (Å²) in [4.78, 5) is 11.5. The Bertz CT molecular complexity index is 464. The molecule has 0 N–H and O–H groups in total. The highest BCUT2D eigenvalue weighted by molar-refractivity contribution is 5.97. The quantitative estimate of drug-likeness (QED) is 0.455. The monoisotopic (exact) mass is 229 g/mol. The number of ether oxygens (including phenoxy) is 1. The number of aryl methyl sites for hydroxylation is 1. The maximum absolute atomic E-state index is 11.5. The van der Waals surface area contributed by atoms with Gasteiger partial charge in [0.25, 0.3) is 0 Å². The highest BCUT2D eigenvalue weighted by atomic mass is 16.5. The van der Waals surface area contributed by atoms with Gasteiger partial charge in [-0.15, -0.1) is 0 Å². The number of benzene rings is 1. The van der Waals surface area contributed by atoms with Crippen LogP contribution in [0.1, 0.15) is 25.0 Å². The Morgan fingerprint density at radius 3 is 2.41 bits per heavy atom. The van der Waals surface area contributed by atoms with Gasteiger partial charge in [-0.2, -0.15) is 5.26 Å². The molecule has 0 saturated heterocycles. The van der Waals surface area contributed by atoms with Crippen molar-refractivity contribution in [2.45, 2.75) is 26.9 Å². The van der Waals surface area contributed by atoms with Crippen molar-refractivity contribution in [2.75, 3.05) is 0 Å². The second kappa shape index (κ2) is 5.86. The summed E-state index contributed by atoms with van der Waals surface area (Å²) in [5, 5.41) is 8.91. The minimum atomic E-state index is -0.580. The molecule has 0 atom stereocenters. The first-order chi connectivity index (χ1) is 8.02. The number of carbonyl (C=O) groups is 1. The molecule has 0 amide bonds. The zero-order chi connectivity index (χ0) is 12.8. The van der Waals surface area contributed by atoms with E-state index in [1.165, 1.54) is 6.08 Å². The van der Waals surface area contributed by atoms with Crippen LogP contribution in [-0.2, 0) is 9.53 Å². The normalized spacial score (nSPS) is 11.1. The van der Waals surface area contributed by atoms with Gasteiger partial charge in [-0.3, -0.25) is 0 Å². The lowest BCUT2D eigenvalue weighted by atomic mass is 10.1. The number of carbonyl (C=O) groups excluding carboxylic acids is 1. The Hall–Kier alpha value is -2.08. The summed E-state index contributed by atoms with van der Waals surface area (Å²) in [6, 6.07) is 9.42. The van der Waals surface area contributed by atoms with Gasteiger partial charge in [0.2, 0.25) is 0 Å². The summed E-state index contributed by atoms with van der Waals surface area (Å²) in [6.07, 6.45) is 1.31. The molecule has 0 bridgehead atoms. The Balaban J connectivity index is 2.91. The van der Waals surface area contributed by atoms with E-state index in [0.717, 1.165) is 11.1 Å². The molecule has 0 heterocycles. The molecule has 1 aromatic carbocycles. The molecule has 3 nitrogen and oxygen atoms in total. The van der Waals surface area contributed by atoms with Gasteiger partial charge in [0.15, 0.2) is 0 Å². The summed E-state index contributed by atoms with van der Waals surface area (Å²) >= 11 is 0. The van der Waals surface area contributed by atoms with Crippen molar-refractivity contribution < 1.29 is 9.53 Å². The number of rotatable bonds is 3. The van der Waals surface area contributed by atoms with Crippen LogP contribution in [0.5, 0.6) is 0 Å². The Kier molecular flexibility index (Phi) is 4.47. The molecule has 0 aliphatic carbocycles. The van der Waals surface area contributed by atoms with Gasteiger partial charge in [-0.25, -0.2) is 4.79 Å². The number of hydrogen-bond donors (Lipinski definition) is 0. The van der Waals surface area contributed by atoms with Crippen molar-refractivity contribution in [1.82, 2.24) is 0 Å². The number of hydrogen-bond acceptors (Lipinski definition) is 3. The maximum Gasteiger partial charge on any atom is 0.349 e. The van der Waals surface area contributed by atoms with Crippen LogP contribution < -0.4 is 0 Å². The molecule has 17 heavy (non-hydrogen) atoms. The molecule has 0 radical (unpaired) electrons. The fraction of sp³-hybridized carbons (Fsp3) is 0.286. The van der Waals surface area contributed by atoms with E-state index in [-0.39, 0.29) is 11.7 Å². The minimum Gasteiger partial charge on any atom is -0.459 e. The van der Waals surface area contributed by atoms with E-state index < -0.39 is 5.97 Å². The zero-order valence-corrected chi connectivity index (χ0v) is 10.2. The predicted molar refractivity (Wildman–Crippen MR) is 66.0 cm³/mol. The van der Waals surface area contributed by atoms with Crippen molar-refractivity contribution in [3.63, 3.8) is 0 Å². The van der Waals surface area contributed by atoms with E-state index in [4.69, 9.17) is 10.00 Å². The van der Waals surface area contributed by atoms with E-state index in [1.54, 1.807) is 13.8 Å². The lowest BCUT2D eigenvalue weighted by Crippen LogP contribution is -2.12. The van der Waals surface area contributed by atoms with Gasteiger partial charge in [0, 0.05) is 0 Å². The van der Waals surface area contributed by atoms with Gasteiger partial charge >= 0.3 is 5.97 Å². The van der Waals surface area contributed by atoms with E-state index >= 15 is 0 Å². The topological polar surface area (TPSA) is 50.1 Å². The van der Waals surface area contributed by atoms with Crippen LogP contribution in [-0.4, -0.2) is 12.1 Å². The molecule has 0 aliphatic heterocycles. The standard InChI is InChI=1S/C14H15NO2/c1-10(2)17-14(16)13(9-15)8-12-6-4-11(3)5-7-12/h4-8,10H,1-3H3/b13-8-. The van der Waals surface area contributed by atoms with Crippen molar-refractivity contribution in [1.29, 1.82) is 5.26 Å². The van der Waals surface area contributed by atoms with E-state index in [9.17, 15) is 4.79 Å². The van der Waals surface area contributed by atoms with E-state index in [0.29, 0.717) is 0 Å². The summed E-state index contributed by atoms with van der Waals surface area (Å²) in [7, 11) is 0. The molecule has 88 valence electrons. The molecular formula is C14H15NO2. The molecule has 0 spiro atoms. The fourth-order valence-electron chi connectivity index (χ4n) is 1.24. The summed E-state index contributed by atoms with van der Waals surface area (Å²) in [6.45, 7) is 5.48. The summed E-state index contributed by atoms with van der Waals surface area (Å²) in [5.74, 6) is -0.580. The third-order valence-electron chi connectivity index (χ3n) is 2.07. The zero-order valence-electron chi connectivity index (χ0n) is 10.2. The first-order valence-corrected chi connectivity index (χ1v) is 5.42. The lowest BCUT2D eigenvalue weighted by molar-refractivity contribution is -0.142. The second-order valence-corrected chi connectivity index (χ2v) is 4.03. The second-order valence-electron chi connectivity index (χ2n) is 4.03. The van der Waals surface area contributed by atoms with Crippen molar-refractivity contribution >= 4 is 12.0 Å². The largest absolute Gasteiger partial charge is 0.459 e. The summed E-state index contributed by atoms with van der Waals surface area (Å²) < 4.78 is 4.97. The Morgan fingerprint density at radius 2 is 1.94 bits per heavy atom. The molecule has 0 aromatic heterocycles. The first kappa shape index (κ1) is 13.0. The number of nitrogens with zero attached hydrogens (tertiary/aromatic N) is 1. The van der Waals surface area contributed by atoms with Crippen LogP contribution in [0.3, 0.4) is 0 Å². The average Bonchev–Trinajstić information content (AvgIpc) is 2.27. The van der Waals surface area contributed by atoms with Crippen molar-refractivity contribution in [3.05, 3.63) is 41.0 Å². The van der Waals surface area contributed by atoms with Crippen LogP contribution in [0.4, 0.5) is 0 Å². The van der Waals surface area contributed by atoms with Crippen LogP contribution in [0.15, 0.2) is 29.8 Å². The highest BCUT2D eigenvalue weighted by Gasteiger charge is 2.11. The Labute approximate surface area is 101 Å². The lowest BCUT2D eigenvalue weighted by Gasteiger charge is -2.06. The Morgan fingerprint density at radius 1 is 1.35 bits per heavy atom. The fourth-order valence-corrected chi connectivity index (χ4v) is 1.24. The van der Waals surface area contributed by atoms with E-state index in [2.05, 4.69) is 0 Å². The van der Waals surface area contributed by atoms with E-state index in [1.807, 2.05) is 37.3 Å². The molecule has 1 rings (SSSR count). The smallest absolute Gasteiger partial charge is 0.349 e. The molecule has 1 aromatic rings. The number of esters is 1. The van der Waals surface area contributed by atoms with Crippen LogP contribution in [0.25, 0.3) is 6.08 Å². The van der Waals surface area contributed by atoms with Crippen molar-refractivity contribution in [2.24, 2.45) is 0 Å². The molecule has 0 aliphatic rings. The third-order valence-corrected chi connectivity index (χ3v) is 2.07. The molecule has 3 heteroatoms. The molecule has 0 saturated carbocycles. The van der Waals surface area contributed by atoms with Crippen LogP contribution >= 0.6 is 0 Å². The maximum atomic E-state index is 11.5. The average molecular weight is 229 g/mol. The molecular weight excluding hydrogens is 214 g/mol. The third kappa shape index (κ3) is 4.12. The molecule has 0 unspecified atom stereocenters. The number of nitriles is 1. The van der Waals surface area contributed by atoms with Crippen LogP contribution in [0, 0.1) is 18.3 Å². The SMILES string of the molecule is Cc1ccc(/C=C(/C#N)C(=O)OC(C)C)cc1. The van der Waals surface area contributed by atoms with Gasteiger partial charge in [-0.1, -0.05) is 29.8 Å². The van der Waals surface area contributed by atoms with Gasteiger partial charge in [-0.05, 0) is 32.4 Å². The predicted octanol–water partition coefficient (Wildman–Crippen LogP) is 2.85. The van der Waals surface area contributed by atoms with Gasteiger partial charge in [0.05, 0.1) is 6.10 Å². The van der Waals surface area contributed by atoms with Gasteiger partial charge in [0.1, 0.15) is 11.6 Å². The van der Waals surface area contributed by atoms with Crippen LogP contribution in [0.2, 0.25) is 0 Å². The molecule has 0 fully saturated rings.